The molecule has 1 fully saturated rings. The van der Waals surface area contributed by atoms with E-state index in [9.17, 15) is 4.79 Å². The first-order valence-electron chi connectivity index (χ1n) is 11.2. The number of nitrogens with zero attached hydrogens (tertiary/aromatic N) is 2. The van der Waals surface area contributed by atoms with Crippen LogP contribution in [0.1, 0.15) is 30.5 Å². The second-order valence-corrected chi connectivity index (χ2v) is 7.92. The van der Waals surface area contributed by atoms with Crippen LogP contribution in [-0.2, 0) is 22.5 Å². The van der Waals surface area contributed by atoms with Crippen LogP contribution in [0, 0.1) is 0 Å². The van der Waals surface area contributed by atoms with Crippen LogP contribution in [0.15, 0.2) is 66.9 Å². The van der Waals surface area contributed by atoms with Crippen molar-refractivity contribution < 1.29 is 14.3 Å². The van der Waals surface area contributed by atoms with Crippen LogP contribution in [-0.4, -0.2) is 41.7 Å². The maximum Gasteiger partial charge on any atom is 0.319 e. The summed E-state index contributed by atoms with van der Waals surface area (Å²) in [6, 6.07) is 19.4. The van der Waals surface area contributed by atoms with E-state index in [2.05, 4.69) is 15.7 Å². The SMILES string of the molecule is O=C(NCCc1ccn(-c2ccccc2)n1)Nc1cccc(COCC2CCCCO2)c1. The molecule has 2 heterocycles. The number of nitrogens with one attached hydrogen (secondary N) is 2. The first-order valence-corrected chi connectivity index (χ1v) is 11.2. The zero-order valence-electron chi connectivity index (χ0n) is 18.2. The number of carbonyl (C=O) groups is 1. The zero-order valence-corrected chi connectivity index (χ0v) is 18.2. The number of ether oxygens (including phenoxy) is 2. The molecule has 1 saturated heterocycles. The summed E-state index contributed by atoms with van der Waals surface area (Å²) in [5.74, 6) is 0. The number of rotatable bonds is 9. The number of carbonyl (C=O) groups excluding carboxylic acids is 1. The van der Waals surface area contributed by atoms with Crippen LogP contribution in [0.3, 0.4) is 0 Å². The molecule has 0 saturated carbocycles. The van der Waals surface area contributed by atoms with E-state index in [0.29, 0.717) is 26.2 Å². The van der Waals surface area contributed by atoms with Crippen LogP contribution < -0.4 is 10.6 Å². The lowest BCUT2D eigenvalue weighted by molar-refractivity contribution is -0.0447. The molecule has 0 aliphatic carbocycles. The van der Waals surface area contributed by atoms with Gasteiger partial charge in [0.1, 0.15) is 0 Å². The molecule has 2 amide bonds. The largest absolute Gasteiger partial charge is 0.376 e. The Morgan fingerprint density at radius 3 is 2.88 bits per heavy atom. The summed E-state index contributed by atoms with van der Waals surface area (Å²) >= 11 is 0. The summed E-state index contributed by atoms with van der Waals surface area (Å²) in [6.45, 7) is 2.44. The monoisotopic (exact) mass is 434 g/mol. The molecule has 2 aromatic carbocycles. The molecule has 3 aromatic rings. The minimum absolute atomic E-state index is 0.204. The Labute approximate surface area is 188 Å². The van der Waals surface area contributed by atoms with Crippen molar-refractivity contribution in [3.05, 3.63) is 78.1 Å². The second-order valence-electron chi connectivity index (χ2n) is 7.92. The minimum atomic E-state index is -0.235. The Balaban J connectivity index is 1.18. The fourth-order valence-corrected chi connectivity index (χ4v) is 3.68. The van der Waals surface area contributed by atoms with Gasteiger partial charge in [-0.2, -0.15) is 5.10 Å². The Hall–Kier alpha value is -3.16. The van der Waals surface area contributed by atoms with Gasteiger partial charge in [0.15, 0.2) is 0 Å². The fourth-order valence-electron chi connectivity index (χ4n) is 3.68. The lowest BCUT2D eigenvalue weighted by atomic mass is 10.1. The van der Waals surface area contributed by atoms with Crippen LogP contribution in [0.4, 0.5) is 10.5 Å². The highest BCUT2D eigenvalue weighted by Crippen LogP contribution is 2.15. The van der Waals surface area contributed by atoms with Gasteiger partial charge in [0.2, 0.25) is 0 Å². The molecular weight excluding hydrogens is 404 g/mol. The van der Waals surface area contributed by atoms with E-state index in [4.69, 9.17) is 9.47 Å². The number of hydrogen-bond donors (Lipinski definition) is 2. The third kappa shape index (κ3) is 6.67. The normalized spacial score (nSPS) is 15.9. The van der Waals surface area contributed by atoms with E-state index in [1.165, 1.54) is 6.42 Å². The van der Waals surface area contributed by atoms with Gasteiger partial charge in [-0.3, -0.25) is 0 Å². The molecule has 1 aromatic heterocycles. The highest BCUT2D eigenvalue weighted by atomic mass is 16.5. The molecule has 1 unspecified atom stereocenters. The van der Waals surface area contributed by atoms with Gasteiger partial charge in [-0.25, -0.2) is 9.48 Å². The molecule has 7 heteroatoms. The Morgan fingerprint density at radius 2 is 2.03 bits per heavy atom. The first-order chi connectivity index (χ1) is 15.8. The number of urea groups is 1. The molecular formula is C25H30N4O3. The smallest absolute Gasteiger partial charge is 0.319 e. The van der Waals surface area contributed by atoms with Crippen LogP contribution in [0.5, 0.6) is 0 Å². The summed E-state index contributed by atoms with van der Waals surface area (Å²) in [4.78, 5) is 12.3. The van der Waals surface area contributed by atoms with Crippen molar-refractivity contribution in [1.29, 1.82) is 0 Å². The standard InChI is InChI=1S/C25H30N4O3/c30-25(26-14-12-21-13-15-29(28-21)23-9-2-1-3-10-23)27-22-8-6-7-20(17-22)18-31-19-24-11-4-5-16-32-24/h1-3,6-10,13,15,17,24H,4-5,11-12,14,16,18-19H2,(H2,26,27,30). The molecule has 0 radical (unpaired) electrons. The van der Waals surface area contributed by atoms with E-state index in [-0.39, 0.29) is 12.1 Å². The molecule has 0 spiro atoms. The van der Waals surface area contributed by atoms with Crippen molar-refractivity contribution in [3.8, 4) is 5.69 Å². The molecule has 32 heavy (non-hydrogen) atoms. The lowest BCUT2D eigenvalue weighted by Gasteiger charge is -2.22. The number of para-hydroxylation sites is 1. The summed E-state index contributed by atoms with van der Waals surface area (Å²) in [5, 5.41) is 10.3. The van der Waals surface area contributed by atoms with Gasteiger partial charge >= 0.3 is 6.03 Å². The number of aromatic nitrogens is 2. The van der Waals surface area contributed by atoms with Crippen molar-refractivity contribution in [2.75, 3.05) is 25.1 Å². The van der Waals surface area contributed by atoms with E-state index >= 15 is 0 Å². The second kappa shape index (κ2) is 11.5. The molecule has 2 N–H and O–H groups in total. The summed E-state index contributed by atoms with van der Waals surface area (Å²) in [5.41, 5.74) is 3.70. The first kappa shape index (κ1) is 22.0. The molecule has 4 rings (SSSR count). The third-order valence-corrected chi connectivity index (χ3v) is 5.36. The maximum absolute atomic E-state index is 12.3. The van der Waals surface area contributed by atoms with Crippen molar-refractivity contribution in [2.45, 2.75) is 38.4 Å². The molecule has 0 bridgehead atoms. The van der Waals surface area contributed by atoms with Crippen molar-refractivity contribution in [2.24, 2.45) is 0 Å². The maximum atomic E-state index is 12.3. The van der Waals surface area contributed by atoms with Gasteiger partial charge < -0.3 is 20.1 Å². The predicted molar refractivity (Wildman–Crippen MR) is 124 cm³/mol. The molecule has 7 nitrogen and oxygen atoms in total. The minimum Gasteiger partial charge on any atom is -0.376 e. The average Bonchev–Trinajstić information content (AvgIpc) is 3.30. The van der Waals surface area contributed by atoms with Crippen LogP contribution in [0.25, 0.3) is 5.69 Å². The van der Waals surface area contributed by atoms with Crippen molar-refractivity contribution in [3.63, 3.8) is 0 Å². The quantitative estimate of drug-likeness (QED) is 0.526. The van der Waals surface area contributed by atoms with Crippen LogP contribution >= 0.6 is 0 Å². The average molecular weight is 435 g/mol. The fraction of sp³-hybridized carbons (Fsp3) is 0.360. The lowest BCUT2D eigenvalue weighted by Crippen LogP contribution is -2.30. The van der Waals surface area contributed by atoms with Gasteiger partial charge in [-0.15, -0.1) is 0 Å². The van der Waals surface area contributed by atoms with E-state index in [1.807, 2.05) is 71.5 Å². The zero-order chi connectivity index (χ0) is 22.0. The van der Waals surface area contributed by atoms with Gasteiger partial charge in [0, 0.05) is 31.5 Å². The highest BCUT2D eigenvalue weighted by molar-refractivity contribution is 5.89. The van der Waals surface area contributed by atoms with Gasteiger partial charge in [0.05, 0.1) is 30.7 Å². The Bertz CT molecular complexity index is 984. The van der Waals surface area contributed by atoms with Crippen molar-refractivity contribution >= 4 is 11.7 Å². The molecule has 168 valence electrons. The molecule has 1 atom stereocenters. The number of anilines is 1. The van der Waals surface area contributed by atoms with E-state index in [0.717, 1.165) is 42.1 Å². The topological polar surface area (TPSA) is 77.4 Å². The summed E-state index contributed by atoms with van der Waals surface area (Å²) in [7, 11) is 0. The van der Waals surface area contributed by atoms with Gasteiger partial charge in [0.25, 0.3) is 0 Å². The van der Waals surface area contributed by atoms with Gasteiger partial charge in [-0.1, -0.05) is 30.3 Å². The van der Waals surface area contributed by atoms with Crippen LogP contribution in [0.2, 0.25) is 0 Å². The third-order valence-electron chi connectivity index (χ3n) is 5.36. The number of amides is 2. The van der Waals surface area contributed by atoms with E-state index in [1.54, 1.807) is 0 Å². The Kier molecular flexibility index (Phi) is 7.89. The van der Waals surface area contributed by atoms with Gasteiger partial charge in [-0.05, 0) is 55.2 Å². The Morgan fingerprint density at radius 1 is 1.12 bits per heavy atom. The highest BCUT2D eigenvalue weighted by Gasteiger charge is 2.13. The summed E-state index contributed by atoms with van der Waals surface area (Å²) < 4.78 is 13.3. The number of benzene rings is 2. The summed E-state index contributed by atoms with van der Waals surface area (Å²) in [6.07, 6.45) is 6.20. The molecule has 1 aliphatic rings. The number of hydrogen-bond acceptors (Lipinski definition) is 4. The van der Waals surface area contributed by atoms with Crippen molar-refractivity contribution in [1.82, 2.24) is 15.1 Å². The molecule has 1 aliphatic heterocycles. The van der Waals surface area contributed by atoms with E-state index < -0.39 is 0 Å². The predicted octanol–water partition coefficient (Wildman–Crippen LogP) is 4.32.